The molecule has 0 saturated heterocycles. The molecule has 5 aromatic carbocycles. The van der Waals surface area contributed by atoms with Gasteiger partial charge in [-0.1, -0.05) is 122 Å². The molecule has 7 rings (SSSR count). The van der Waals surface area contributed by atoms with Gasteiger partial charge < -0.3 is 19.5 Å². The second-order valence-corrected chi connectivity index (χ2v) is 15.3. The van der Waals surface area contributed by atoms with Gasteiger partial charge in [-0.05, 0) is 99.9 Å². The summed E-state index contributed by atoms with van der Waals surface area (Å²) in [4.78, 5) is 9.63. The number of anilines is 2. The van der Waals surface area contributed by atoms with Crippen molar-refractivity contribution >= 4 is 11.4 Å². The van der Waals surface area contributed by atoms with E-state index in [2.05, 4.69) is 180 Å². The van der Waals surface area contributed by atoms with Gasteiger partial charge >= 0.3 is 21.1 Å². The minimum absolute atomic E-state index is 0. The second-order valence-electron chi connectivity index (χ2n) is 15.3. The van der Waals surface area contributed by atoms with Crippen molar-refractivity contribution in [3.8, 4) is 45.2 Å². The molecule has 0 saturated carbocycles. The fraction of sp³-hybridized carbons (Fsp3) is 0.250. The van der Waals surface area contributed by atoms with Crippen molar-refractivity contribution in [2.75, 3.05) is 9.80 Å². The maximum atomic E-state index is 11.1. The molecule has 0 bridgehead atoms. The Labute approximate surface area is 336 Å². The Morgan fingerprint density at radius 1 is 0.593 bits per heavy atom. The van der Waals surface area contributed by atoms with Crippen molar-refractivity contribution < 1.29 is 26.2 Å². The molecular weight excluding hydrogens is 844 g/mol. The minimum atomic E-state index is 0. The fourth-order valence-electron chi connectivity index (χ4n) is 7.37. The van der Waals surface area contributed by atoms with E-state index < -0.39 is 0 Å². The number of imidazole rings is 1. The molecular formula is C48H50N4OPt. The molecule has 0 aliphatic carbocycles. The molecule has 0 radical (unpaired) electrons. The first kappa shape index (κ1) is 38.9. The zero-order valence-corrected chi connectivity index (χ0v) is 34.8. The summed E-state index contributed by atoms with van der Waals surface area (Å²) in [7, 11) is 0. The van der Waals surface area contributed by atoms with Crippen LogP contribution in [0, 0.1) is 12.7 Å². The summed E-state index contributed by atoms with van der Waals surface area (Å²) in [5, 5.41) is 11.1. The van der Waals surface area contributed by atoms with Crippen LogP contribution in [-0.4, -0.2) is 14.7 Å². The summed E-state index contributed by atoms with van der Waals surface area (Å²) in [6.45, 7) is 20.2. The molecule has 1 aliphatic rings. The first-order valence-corrected chi connectivity index (χ1v) is 18.9. The Bertz CT molecular complexity index is 2210. The van der Waals surface area contributed by atoms with Crippen molar-refractivity contribution in [1.82, 2.24) is 9.55 Å². The van der Waals surface area contributed by atoms with E-state index >= 15 is 0 Å². The molecule has 2 heterocycles. The number of benzene rings is 5. The van der Waals surface area contributed by atoms with Crippen LogP contribution < -0.4 is 9.80 Å². The summed E-state index contributed by atoms with van der Waals surface area (Å²) in [6.07, 6.45) is 6.37. The van der Waals surface area contributed by atoms with E-state index in [0.29, 0.717) is 35.1 Å². The Morgan fingerprint density at radius 3 is 1.78 bits per heavy atom. The number of aromatic nitrogens is 2. The molecule has 1 aromatic heterocycles. The van der Waals surface area contributed by atoms with Gasteiger partial charge in [-0.25, -0.2) is 0 Å². The van der Waals surface area contributed by atoms with Crippen LogP contribution in [0.4, 0.5) is 11.4 Å². The summed E-state index contributed by atoms with van der Waals surface area (Å²) in [5.74, 6) is 2.16. The molecule has 0 unspecified atom stereocenters. The first-order chi connectivity index (χ1) is 25.5. The average Bonchev–Trinajstić information content (AvgIpc) is 3.83. The van der Waals surface area contributed by atoms with Gasteiger partial charge in [0.15, 0.2) is 0 Å². The number of phenolic OH excluding ortho intramolecular Hbond substituents is 1. The molecule has 0 spiro atoms. The summed E-state index contributed by atoms with van der Waals surface area (Å²) < 4.78 is 2.18. The van der Waals surface area contributed by atoms with Crippen LogP contribution in [-0.2, 0) is 21.1 Å². The van der Waals surface area contributed by atoms with Gasteiger partial charge in [0, 0.05) is 11.4 Å². The van der Waals surface area contributed by atoms with E-state index in [9.17, 15) is 5.11 Å². The third kappa shape index (κ3) is 7.57. The topological polar surface area (TPSA) is 44.5 Å². The molecule has 0 atom stereocenters. The van der Waals surface area contributed by atoms with Gasteiger partial charge in [-0.3, -0.25) is 4.98 Å². The Balaban J connectivity index is 0.00000497. The number of aromatic hydroxyl groups is 1. The van der Waals surface area contributed by atoms with Gasteiger partial charge in [-0.2, -0.15) is 0 Å². The third-order valence-corrected chi connectivity index (χ3v) is 10.2. The number of hydrogen-bond acceptors (Lipinski definition) is 4. The van der Waals surface area contributed by atoms with Crippen LogP contribution >= 0.6 is 0 Å². The van der Waals surface area contributed by atoms with Crippen LogP contribution in [0.1, 0.15) is 101 Å². The van der Waals surface area contributed by atoms with Gasteiger partial charge in [0.2, 0.25) is 0 Å². The van der Waals surface area contributed by atoms with E-state index in [4.69, 9.17) is 4.98 Å². The second kappa shape index (κ2) is 16.2. The third-order valence-electron chi connectivity index (χ3n) is 10.2. The molecule has 278 valence electrons. The van der Waals surface area contributed by atoms with Crippen LogP contribution in [0.2, 0.25) is 0 Å². The van der Waals surface area contributed by atoms with Crippen LogP contribution in [0.3, 0.4) is 0 Å². The average molecular weight is 894 g/mol. The van der Waals surface area contributed by atoms with Crippen molar-refractivity contribution in [2.24, 2.45) is 0 Å². The molecule has 6 aromatic rings. The quantitative estimate of drug-likeness (QED) is 0.139. The van der Waals surface area contributed by atoms with Crippen molar-refractivity contribution in [3.05, 3.63) is 157 Å². The fourth-order valence-corrected chi connectivity index (χ4v) is 7.37. The minimum Gasteiger partial charge on any atom is -0.507 e. The molecule has 6 heteroatoms. The molecule has 54 heavy (non-hydrogen) atoms. The number of phenols is 1. The molecule has 1 N–H and O–H groups in total. The van der Waals surface area contributed by atoms with E-state index in [1.54, 1.807) is 6.07 Å². The Hall–Kier alpha value is -4.86. The largest absolute Gasteiger partial charge is 2.00 e. The summed E-state index contributed by atoms with van der Waals surface area (Å²) in [6, 6.07) is 39.3. The number of para-hydroxylation sites is 2. The van der Waals surface area contributed by atoms with E-state index in [0.717, 1.165) is 22.6 Å². The standard InChI is InChI=1S/C48H50N4O.Pt/c1-31(2)39-21-15-22-40(32(3)4)47(39)52-29-44(49-48(52)41-20-12-13-23-45(41)53)36-18-14-19-38(26-36)50-24-25-51(30-50)46-42(33(5)6)27-37(28-43(46)34(7)8)35-16-10-9-11-17-35;/h9-25,27-34,53H,1-8H3;/q-2;+2. The van der Waals surface area contributed by atoms with Gasteiger partial charge in [-0.15, -0.1) is 36.5 Å². The maximum absolute atomic E-state index is 11.1. The van der Waals surface area contributed by atoms with Gasteiger partial charge in [0.25, 0.3) is 0 Å². The zero-order valence-electron chi connectivity index (χ0n) is 32.5. The first-order valence-electron chi connectivity index (χ1n) is 18.9. The smallest absolute Gasteiger partial charge is 0.507 e. The van der Waals surface area contributed by atoms with Crippen molar-refractivity contribution in [3.63, 3.8) is 0 Å². The van der Waals surface area contributed by atoms with Crippen LogP contribution in [0.5, 0.6) is 5.75 Å². The number of nitrogens with zero attached hydrogens (tertiary/aromatic N) is 4. The predicted molar refractivity (Wildman–Crippen MR) is 222 cm³/mol. The zero-order chi connectivity index (χ0) is 37.4. The molecule has 1 aliphatic heterocycles. The number of rotatable bonds is 10. The molecule has 5 nitrogen and oxygen atoms in total. The summed E-state index contributed by atoms with van der Waals surface area (Å²) >= 11 is 0. The van der Waals surface area contributed by atoms with Crippen molar-refractivity contribution in [1.29, 1.82) is 0 Å². The Morgan fingerprint density at radius 2 is 1.17 bits per heavy atom. The van der Waals surface area contributed by atoms with Crippen LogP contribution in [0.15, 0.2) is 122 Å². The van der Waals surface area contributed by atoms with E-state index in [1.165, 1.54) is 39.1 Å². The normalized spacial score (nSPS) is 12.8. The van der Waals surface area contributed by atoms with E-state index in [-0.39, 0.29) is 26.8 Å². The monoisotopic (exact) mass is 893 g/mol. The van der Waals surface area contributed by atoms with E-state index in [1.807, 2.05) is 18.2 Å². The predicted octanol–water partition coefficient (Wildman–Crippen LogP) is 12.8. The Kier molecular flexibility index (Phi) is 11.7. The molecule has 0 fully saturated rings. The SMILES string of the molecule is CC(C)c1cc(-c2ccccc2)cc(C(C)C)c1N1C=CN(c2[c-]c(-c3cn(-c4c(C(C)C)cccc4C(C)C)c(-c4ccccc4O)n3)ccc2)[CH-]1.[Pt+2]. The van der Waals surface area contributed by atoms with Crippen molar-refractivity contribution in [2.45, 2.75) is 79.1 Å². The van der Waals surface area contributed by atoms with Crippen LogP contribution in [0.25, 0.3) is 39.5 Å². The summed E-state index contributed by atoms with van der Waals surface area (Å²) in [5.41, 5.74) is 13.2. The molecule has 0 amide bonds. The van der Waals surface area contributed by atoms with Gasteiger partial charge in [0.05, 0.1) is 11.3 Å². The van der Waals surface area contributed by atoms with Gasteiger partial charge in [0.1, 0.15) is 11.6 Å². The number of hydrogen-bond donors (Lipinski definition) is 1. The maximum Gasteiger partial charge on any atom is 2.00 e.